The third kappa shape index (κ3) is 3.92. The van der Waals surface area contributed by atoms with Gasteiger partial charge in [0.1, 0.15) is 11.9 Å². The molecule has 0 spiro atoms. The highest BCUT2D eigenvalue weighted by atomic mass is 32.2. The van der Waals surface area contributed by atoms with Gasteiger partial charge in [0, 0.05) is 25.5 Å². The van der Waals surface area contributed by atoms with Gasteiger partial charge in [-0.15, -0.1) is 0 Å². The molecule has 1 N–H and O–H groups in total. The Bertz CT molecular complexity index is 788. The molecule has 1 aliphatic rings. The summed E-state index contributed by atoms with van der Waals surface area (Å²) in [7, 11) is -1.99. The molecular weight excluding hydrogens is 332 g/mol. The first kappa shape index (κ1) is 16.9. The van der Waals surface area contributed by atoms with Crippen LogP contribution < -0.4 is 9.46 Å². The van der Waals surface area contributed by atoms with Gasteiger partial charge in [0.05, 0.1) is 25.2 Å². The van der Waals surface area contributed by atoms with Crippen molar-refractivity contribution in [1.29, 1.82) is 0 Å². The molecule has 0 radical (unpaired) electrons. The lowest BCUT2D eigenvalue weighted by molar-refractivity contribution is -0.00942. The number of nitrogens with zero attached hydrogens (tertiary/aromatic N) is 3. The number of pyridine rings is 1. The van der Waals surface area contributed by atoms with Crippen LogP contribution in [0, 0.1) is 6.92 Å². The van der Waals surface area contributed by atoms with Gasteiger partial charge in [0.25, 0.3) is 10.0 Å². The highest BCUT2D eigenvalue weighted by Crippen LogP contribution is 2.19. The van der Waals surface area contributed by atoms with Crippen molar-refractivity contribution in [2.75, 3.05) is 13.2 Å². The summed E-state index contributed by atoms with van der Waals surface area (Å²) in [6, 6.07) is 3.25. The minimum Gasteiger partial charge on any atom is -0.485 e. The van der Waals surface area contributed by atoms with Gasteiger partial charge in [-0.2, -0.15) is 0 Å². The summed E-state index contributed by atoms with van der Waals surface area (Å²) in [6.45, 7) is 2.67. The fourth-order valence-electron chi connectivity index (χ4n) is 2.45. The molecule has 0 aromatic carbocycles. The predicted octanol–water partition coefficient (Wildman–Crippen LogP) is 0.638. The van der Waals surface area contributed by atoms with E-state index in [9.17, 15) is 8.42 Å². The van der Waals surface area contributed by atoms with Gasteiger partial charge in [-0.3, -0.25) is 4.98 Å². The summed E-state index contributed by atoms with van der Waals surface area (Å²) in [5, 5.41) is -0.00718. The smallest absolute Gasteiger partial charge is 0.259 e. The van der Waals surface area contributed by atoms with Crippen molar-refractivity contribution in [3.8, 4) is 5.75 Å². The van der Waals surface area contributed by atoms with E-state index in [-0.39, 0.29) is 5.03 Å². The Labute approximate surface area is 140 Å². The topological polar surface area (TPSA) is 95.3 Å². The maximum absolute atomic E-state index is 12.5. The Balaban J connectivity index is 1.73. The molecule has 0 aliphatic carbocycles. The molecule has 1 fully saturated rings. The summed E-state index contributed by atoms with van der Waals surface area (Å²) in [4.78, 5) is 8.08. The SMILES string of the molecule is Cc1ccc(O[C@H]2COCC[C@H]2NS(=O)(=O)c2cn(C)cn2)cn1. The summed E-state index contributed by atoms with van der Waals surface area (Å²) in [5.41, 5.74) is 0.884. The highest BCUT2D eigenvalue weighted by Gasteiger charge is 2.32. The molecule has 0 amide bonds. The average molecular weight is 352 g/mol. The lowest BCUT2D eigenvalue weighted by atomic mass is 10.1. The first-order chi connectivity index (χ1) is 11.4. The Morgan fingerprint density at radius 2 is 2.21 bits per heavy atom. The number of aromatic nitrogens is 3. The molecule has 130 valence electrons. The summed E-state index contributed by atoms with van der Waals surface area (Å²) < 4.78 is 40.5. The van der Waals surface area contributed by atoms with Gasteiger partial charge < -0.3 is 14.0 Å². The van der Waals surface area contributed by atoms with E-state index >= 15 is 0 Å². The molecule has 2 aromatic rings. The lowest BCUT2D eigenvalue weighted by Gasteiger charge is -2.31. The Kier molecular flexibility index (Phi) is 4.83. The maximum atomic E-state index is 12.5. The standard InChI is InChI=1S/C15H20N4O4S/c1-11-3-4-12(7-16-11)23-14-9-22-6-5-13(14)18-24(20,21)15-8-19(2)10-17-15/h3-4,7-8,10,13-14,18H,5-6,9H2,1-2H3/t13-,14+/m1/s1. The largest absolute Gasteiger partial charge is 0.485 e. The van der Waals surface area contributed by atoms with Crippen molar-refractivity contribution in [3.05, 3.63) is 36.5 Å². The quantitative estimate of drug-likeness (QED) is 0.848. The minimum absolute atomic E-state index is 0.00718. The molecule has 2 atom stereocenters. The molecule has 3 rings (SSSR count). The van der Waals surface area contributed by atoms with Crippen LogP contribution in [0.1, 0.15) is 12.1 Å². The van der Waals surface area contributed by atoms with E-state index in [4.69, 9.17) is 9.47 Å². The van der Waals surface area contributed by atoms with Crippen LogP contribution in [0.15, 0.2) is 35.9 Å². The van der Waals surface area contributed by atoms with E-state index in [1.54, 1.807) is 23.9 Å². The fraction of sp³-hybridized carbons (Fsp3) is 0.467. The Morgan fingerprint density at radius 3 is 2.88 bits per heavy atom. The molecule has 3 heterocycles. The minimum atomic E-state index is -3.70. The van der Waals surface area contributed by atoms with Crippen molar-refractivity contribution in [3.63, 3.8) is 0 Å². The molecule has 1 saturated heterocycles. The number of imidazole rings is 1. The predicted molar refractivity (Wildman–Crippen MR) is 86.1 cm³/mol. The summed E-state index contributed by atoms with van der Waals surface area (Å²) in [5.74, 6) is 0.582. The van der Waals surface area contributed by atoms with E-state index in [0.717, 1.165) is 5.69 Å². The molecule has 9 heteroatoms. The molecule has 0 bridgehead atoms. The second-order valence-electron chi connectivity index (χ2n) is 5.76. The number of sulfonamides is 1. The Hall–Kier alpha value is -1.97. The van der Waals surface area contributed by atoms with Crippen LogP contribution in [0.3, 0.4) is 0 Å². The van der Waals surface area contributed by atoms with Crippen molar-refractivity contribution in [1.82, 2.24) is 19.3 Å². The van der Waals surface area contributed by atoms with Crippen molar-refractivity contribution < 1.29 is 17.9 Å². The van der Waals surface area contributed by atoms with Crippen molar-refractivity contribution in [2.45, 2.75) is 30.5 Å². The zero-order valence-electron chi connectivity index (χ0n) is 13.5. The van der Waals surface area contributed by atoms with Gasteiger partial charge in [-0.1, -0.05) is 0 Å². The van der Waals surface area contributed by atoms with Gasteiger partial charge in [0.15, 0.2) is 5.03 Å². The number of hydrogen-bond donors (Lipinski definition) is 1. The van der Waals surface area contributed by atoms with Crippen molar-refractivity contribution >= 4 is 10.0 Å². The highest BCUT2D eigenvalue weighted by molar-refractivity contribution is 7.89. The molecule has 2 aromatic heterocycles. The van der Waals surface area contributed by atoms with Gasteiger partial charge in [0.2, 0.25) is 0 Å². The van der Waals surface area contributed by atoms with Crippen molar-refractivity contribution in [2.24, 2.45) is 7.05 Å². The lowest BCUT2D eigenvalue weighted by Crippen LogP contribution is -2.51. The first-order valence-electron chi connectivity index (χ1n) is 7.61. The zero-order chi connectivity index (χ0) is 17.2. The third-order valence-corrected chi connectivity index (χ3v) is 5.11. The Morgan fingerprint density at radius 1 is 1.38 bits per heavy atom. The number of aryl methyl sites for hydroxylation is 2. The summed E-state index contributed by atoms with van der Waals surface area (Å²) >= 11 is 0. The number of hydrogen-bond acceptors (Lipinski definition) is 6. The second-order valence-corrected chi connectivity index (χ2v) is 7.42. The third-order valence-electron chi connectivity index (χ3n) is 3.74. The zero-order valence-corrected chi connectivity index (χ0v) is 14.4. The average Bonchev–Trinajstić information content (AvgIpc) is 2.99. The number of ether oxygens (including phenoxy) is 2. The van der Waals surface area contributed by atoms with E-state index in [1.165, 1.54) is 12.5 Å². The molecule has 0 saturated carbocycles. The van der Waals surface area contributed by atoms with Crippen LogP contribution in [0.25, 0.3) is 0 Å². The molecule has 8 nitrogen and oxygen atoms in total. The van der Waals surface area contributed by atoms with Gasteiger partial charge in [-0.25, -0.2) is 18.1 Å². The van der Waals surface area contributed by atoms with E-state index in [1.807, 2.05) is 13.0 Å². The van der Waals surface area contributed by atoms with Crippen LogP contribution in [-0.4, -0.2) is 48.3 Å². The molecule has 1 aliphatic heterocycles. The number of rotatable bonds is 5. The molecular formula is C15H20N4O4S. The second kappa shape index (κ2) is 6.88. The van der Waals surface area contributed by atoms with E-state index < -0.39 is 22.2 Å². The monoisotopic (exact) mass is 352 g/mol. The number of nitrogens with one attached hydrogen (secondary N) is 1. The van der Waals surface area contributed by atoms with E-state index in [0.29, 0.717) is 25.4 Å². The van der Waals surface area contributed by atoms with Gasteiger partial charge in [-0.05, 0) is 25.5 Å². The molecule has 24 heavy (non-hydrogen) atoms. The van der Waals surface area contributed by atoms with Crippen LogP contribution in [0.5, 0.6) is 5.75 Å². The van der Waals surface area contributed by atoms with E-state index in [2.05, 4.69) is 14.7 Å². The fourth-order valence-corrected chi connectivity index (χ4v) is 3.73. The molecule has 0 unspecified atom stereocenters. The van der Waals surface area contributed by atoms with Crippen LogP contribution in [0.4, 0.5) is 0 Å². The van der Waals surface area contributed by atoms with Crippen LogP contribution in [-0.2, 0) is 21.8 Å². The maximum Gasteiger partial charge on any atom is 0.259 e. The summed E-state index contributed by atoms with van der Waals surface area (Å²) in [6.07, 6.45) is 4.62. The normalized spacial score (nSPS) is 21.6. The van der Waals surface area contributed by atoms with Crippen LogP contribution in [0.2, 0.25) is 0 Å². The van der Waals surface area contributed by atoms with Gasteiger partial charge >= 0.3 is 0 Å². The van der Waals surface area contributed by atoms with Crippen LogP contribution >= 0.6 is 0 Å². The first-order valence-corrected chi connectivity index (χ1v) is 9.10.